The fourth-order valence-corrected chi connectivity index (χ4v) is 6.35. The first-order valence-corrected chi connectivity index (χ1v) is 15.9. The highest BCUT2D eigenvalue weighted by molar-refractivity contribution is 9.10. The number of aromatic nitrogens is 2. The summed E-state index contributed by atoms with van der Waals surface area (Å²) >= 11 is 9.41. The number of imidazole rings is 1. The van der Waals surface area contributed by atoms with E-state index in [2.05, 4.69) is 20.9 Å². The molecule has 2 aromatic heterocycles. The fraction of sp³-hybridized carbons (Fsp3) is 0.565. The molecule has 4 heterocycles. The number of carbonyl (C=O) groups excluding carboxylic acids is 3. The zero-order valence-corrected chi connectivity index (χ0v) is 24.7. The summed E-state index contributed by atoms with van der Waals surface area (Å²) in [5.74, 6) is -1.17. The molecule has 3 amide bonds. The summed E-state index contributed by atoms with van der Waals surface area (Å²) < 4.78 is 53.6. The number of piperidine rings is 1. The highest BCUT2D eigenvalue weighted by Crippen LogP contribution is 2.40. The Balaban J connectivity index is 1.69. The van der Waals surface area contributed by atoms with E-state index < -0.39 is 55.8 Å². The molecule has 38 heavy (non-hydrogen) atoms. The van der Waals surface area contributed by atoms with E-state index in [4.69, 9.17) is 20.8 Å². The van der Waals surface area contributed by atoms with Crippen LogP contribution in [0.25, 0.3) is 5.65 Å². The predicted octanol–water partition coefficient (Wildman–Crippen LogP) is 5.35. The van der Waals surface area contributed by atoms with Crippen LogP contribution in [0.1, 0.15) is 43.2 Å². The van der Waals surface area contributed by atoms with Crippen molar-refractivity contribution in [2.24, 2.45) is 0 Å². The zero-order valence-electron chi connectivity index (χ0n) is 21.4. The summed E-state index contributed by atoms with van der Waals surface area (Å²) in [6, 6.07) is 0.202. The third kappa shape index (κ3) is 5.19. The van der Waals surface area contributed by atoms with Crippen LogP contribution in [0.3, 0.4) is 0 Å². The van der Waals surface area contributed by atoms with Gasteiger partial charge in [-0.15, -0.1) is 0 Å². The van der Waals surface area contributed by atoms with Crippen LogP contribution < -0.4 is 0 Å². The van der Waals surface area contributed by atoms with Gasteiger partial charge in [0, 0.05) is 23.8 Å². The van der Waals surface area contributed by atoms with Gasteiger partial charge < -0.3 is 14.1 Å². The molecule has 0 aliphatic carbocycles. The smallest absolute Gasteiger partial charge is 0.420 e. The van der Waals surface area contributed by atoms with Gasteiger partial charge in [0.2, 0.25) is 0 Å². The number of alkyl halides is 3. The molecular formula is C23H27BrClF3N4O5Si. The second-order valence-electron chi connectivity index (χ2n) is 10.9. The monoisotopic (exact) mass is 638 g/mol. The van der Waals surface area contributed by atoms with Crippen molar-refractivity contribution in [3.05, 3.63) is 33.1 Å². The molecule has 2 atom stereocenters. The Bertz CT molecular complexity index is 1300. The minimum Gasteiger partial charge on any atom is -0.439 e. The second kappa shape index (κ2) is 9.79. The second-order valence-corrected chi connectivity index (χ2v) is 16.9. The Morgan fingerprint density at radius 3 is 2.47 bits per heavy atom. The minimum atomic E-state index is -4.72. The maximum Gasteiger partial charge on any atom is 0.420 e. The summed E-state index contributed by atoms with van der Waals surface area (Å²) in [5.41, 5.74) is -1.88. The van der Waals surface area contributed by atoms with Gasteiger partial charge in [-0.1, -0.05) is 32.4 Å². The van der Waals surface area contributed by atoms with Gasteiger partial charge in [0.1, 0.15) is 5.15 Å². The Kier molecular flexibility index (Phi) is 7.43. The first-order chi connectivity index (χ1) is 17.4. The van der Waals surface area contributed by atoms with Crippen molar-refractivity contribution in [3.63, 3.8) is 0 Å². The molecule has 0 saturated carbocycles. The van der Waals surface area contributed by atoms with Crippen LogP contribution in [0.2, 0.25) is 23.3 Å². The van der Waals surface area contributed by atoms with Gasteiger partial charge in [-0.25, -0.2) is 14.7 Å². The van der Waals surface area contributed by atoms with Crippen LogP contribution in [-0.2, 0) is 20.1 Å². The molecule has 0 N–H and O–H groups in total. The molecule has 0 bridgehead atoms. The topological polar surface area (TPSA) is 93.5 Å². The third-order valence-electron chi connectivity index (χ3n) is 7.32. The Labute approximate surface area is 231 Å². The molecule has 2 aromatic rings. The van der Waals surface area contributed by atoms with Crippen LogP contribution in [0, 0.1) is 0 Å². The van der Waals surface area contributed by atoms with Gasteiger partial charge >= 0.3 is 12.3 Å². The van der Waals surface area contributed by atoms with E-state index in [0.717, 1.165) is 15.4 Å². The molecule has 0 unspecified atom stereocenters. The van der Waals surface area contributed by atoms with Crippen LogP contribution in [0.4, 0.5) is 18.0 Å². The van der Waals surface area contributed by atoms with Gasteiger partial charge in [0.15, 0.2) is 26.3 Å². The quantitative estimate of drug-likeness (QED) is 0.419. The average molecular weight is 640 g/mol. The van der Waals surface area contributed by atoms with Gasteiger partial charge in [-0.2, -0.15) is 13.2 Å². The van der Waals surface area contributed by atoms with E-state index >= 15 is 0 Å². The highest BCUT2D eigenvalue weighted by atomic mass is 79.9. The van der Waals surface area contributed by atoms with Gasteiger partial charge in [-0.05, 0) is 46.5 Å². The summed E-state index contributed by atoms with van der Waals surface area (Å²) in [4.78, 5) is 44.8. The molecule has 4 rings (SSSR count). The lowest BCUT2D eigenvalue weighted by Crippen LogP contribution is -2.60. The largest absolute Gasteiger partial charge is 0.439 e. The molecular weight excluding hydrogens is 613 g/mol. The fourth-order valence-electron chi connectivity index (χ4n) is 4.32. The molecule has 2 aliphatic heterocycles. The number of halogens is 5. The predicted molar refractivity (Wildman–Crippen MR) is 137 cm³/mol. The number of hydrogen-bond donors (Lipinski definition) is 0. The van der Waals surface area contributed by atoms with Crippen LogP contribution >= 0.6 is 27.5 Å². The Morgan fingerprint density at radius 2 is 1.92 bits per heavy atom. The van der Waals surface area contributed by atoms with E-state index in [1.54, 1.807) is 0 Å². The van der Waals surface area contributed by atoms with E-state index in [1.807, 2.05) is 33.9 Å². The number of carbonyl (C=O) groups is 3. The lowest BCUT2D eigenvalue weighted by Gasteiger charge is -2.46. The number of cyclic esters (lactones) is 1. The van der Waals surface area contributed by atoms with Crippen molar-refractivity contribution in [1.82, 2.24) is 19.2 Å². The standard InChI is InChI=1S/C23H27BrClF3N4O5Si/c1-22(2,3)38(4,5)37-15-10-30(7-6-14(15)32-16(33)11-36-21(32)35)20(34)17-18(25)31-9-12(24)8-13(19(31)29-17)23(26,27)28/h8-9,14-15H,6-7,10-11H2,1-5H3/t14-,15-/m0/s1. The lowest BCUT2D eigenvalue weighted by molar-refractivity contribution is -0.136. The third-order valence-corrected chi connectivity index (χ3v) is 12.6. The molecule has 0 radical (unpaired) electrons. The maximum absolute atomic E-state index is 13.7. The Morgan fingerprint density at radius 1 is 1.26 bits per heavy atom. The Hall–Kier alpha value is -2.16. The molecule has 15 heteroatoms. The summed E-state index contributed by atoms with van der Waals surface area (Å²) in [5, 5.41) is -0.481. The first-order valence-electron chi connectivity index (χ1n) is 11.8. The van der Waals surface area contributed by atoms with E-state index in [1.165, 1.54) is 11.1 Å². The molecule has 0 aromatic carbocycles. The highest BCUT2D eigenvalue weighted by Gasteiger charge is 2.48. The van der Waals surface area contributed by atoms with Gasteiger partial charge in [-0.3, -0.25) is 14.0 Å². The van der Waals surface area contributed by atoms with E-state index in [9.17, 15) is 27.6 Å². The van der Waals surface area contributed by atoms with Crippen LogP contribution in [0.15, 0.2) is 16.7 Å². The summed E-state index contributed by atoms with van der Waals surface area (Å²) in [7, 11) is -2.45. The number of nitrogens with zero attached hydrogens (tertiary/aromatic N) is 4. The number of hydrogen-bond acceptors (Lipinski definition) is 6. The molecule has 0 spiro atoms. The average Bonchev–Trinajstić information content (AvgIpc) is 3.29. The SMILES string of the molecule is CC(C)(C)[Si](C)(C)O[C@H]1CN(C(=O)c2nc3c(C(F)(F)F)cc(Br)cn3c2Cl)CC[C@@H]1N1C(=O)COC1=O. The van der Waals surface area contributed by atoms with Gasteiger partial charge in [0.25, 0.3) is 11.8 Å². The van der Waals surface area contributed by atoms with E-state index in [-0.39, 0.29) is 46.5 Å². The molecule has 2 saturated heterocycles. The van der Waals surface area contributed by atoms with Crippen LogP contribution in [0.5, 0.6) is 0 Å². The molecule has 2 fully saturated rings. The minimum absolute atomic E-state index is 0.0207. The number of fused-ring (bicyclic) bond motifs is 1. The normalized spacial score (nSPS) is 21.4. The summed E-state index contributed by atoms with van der Waals surface area (Å²) in [6.07, 6.45) is -4.74. The lowest BCUT2D eigenvalue weighted by atomic mass is 10.00. The molecule has 9 nitrogen and oxygen atoms in total. The van der Waals surface area contributed by atoms with Crippen molar-refractivity contribution < 1.29 is 36.7 Å². The number of rotatable bonds is 4. The van der Waals surface area contributed by atoms with Crippen molar-refractivity contribution in [1.29, 1.82) is 0 Å². The zero-order chi connectivity index (χ0) is 28.4. The number of imide groups is 1. The van der Waals surface area contributed by atoms with Crippen molar-refractivity contribution in [3.8, 4) is 0 Å². The van der Waals surface area contributed by atoms with E-state index in [0.29, 0.717) is 0 Å². The number of pyridine rings is 1. The molecule has 208 valence electrons. The van der Waals surface area contributed by atoms with Crippen molar-refractivity contribution in [2.45, 2.75) is 63.6 Å². The number of amides is 3. The van der Waals surface area contributed by atoms with Crippen molar-refractivity contribution >= 4 is 59.4 Å². The number of ether oxygens (including phenoxy) is 1. The van der Waals surface area contributed by atoms with Crippen LogP contribution in [-0.4, -0.2) is 77.3 Å². The number of likely N-dealkylation sites (tertiary alicyclic amines) is 1. The maximum atomic E-state index is 13.7. The summed E-state index contributed by atoms with van der Waals surface area (Å²) in [6.45, 7) is 9.81. The molecule has 2 aliphatic rings. The first kappa shape index (κ1) is 28.8. The van der Waals surface area contributed by atoms with Gasteiger partial charge in [0.05, 0.1) is 17.7 Å². The van der Waals surface area contributed by atoms with Crippen molar-refractivity contribution in [2.75, 3.05) is 19.7 Å².